The highest BCUT2D eigenvalue weighted by Gasteiger charge is 2.09. The van der Waals surface area contributed by atoms with E-state index in [4.69, 9.17) is 5.73 Å². The zero-order chi connectivity index (χ0) is 14.8. The third-order valence-corrected chi connectivity index (χ3v) is 3.01. The Labute approximate surface area is 119 Å². The van der Waals surface area contributed by atoms with Crippen LogP contribution in [0.15, 0.2) is 42.5 Å². The minimum Gasteiger partial charge on any atom is -0.506 e. The molecular formula is C14H12FN5O. The number of phenols is 1. The van der Waals surface area contributed by atoms with Crippen molar-refractivity contribution in [1.29, 1.82) is 0 Å². The highest BCUT2D eigenvalue weighted by atomic mass is 19.1. The molecule has 106 valence electrons. The first-order chi connectivity index (χ1) is 10.1. The van der Waals surface area contributed by atoms with Crippen LogP contribution in [0.3, 0.4) is 0 Å². The van der Waals surface area contributed by atoms with Crippen LogP contribution in [0.2, 0.25) is 0 Å². The predicted octanol–water partition coefficient (Wildman–Crippen LogP) is 1.82. The molecule has 0 radical (unpaired) electrons. The Hall–Kier alpha value is -2.96. The van der Waals surface area contributed by atoms with Crippen LogP contribution in [0.1, 0.15) is 5.56 Å². The van der Waals surface area contributed by atoms with Crippen LogP contribution >= 0.6 is 0 Å². The van der Waals surface area contributed by atoms with E-state index in [0.29, 0.717) is 17.0 Å². The first kappa shape index (κ1) is 13.0. The van der Waals surface area contributed by atoms with E-state index < -0.39 is 0 Å². The van der Waals surface area contributed by atoms with Gasteiger partial charge in [-0.1, -0.05) is 18.2 Å². The molecule has 1 aromatic heterocycles. The maximum Gasteiger partial charge on any atom is 0.205 e. The number of hydrogen-bond donors (Lipinski definition) is 2. The Morgan fingerprint density at radius 1 is 1.19 bits per heavy atom. The van der Waals surface area contributed by atoms with Gasteiger partial charge in [0, 0.05) is 11.1 Å². The molecule has 0 saturated heterocycles. The SMILES string of the molecule is Nc1cc(-c2nnn(Cc3ccccc3F)n2)ccc1O. The molecule has 3 N–H and O–H groups in total. The van der Waals surface area contributed by atoms with Crippen LogP contribution in [-0.4, -0.2) is 25.3 Å². The van der Waals surface area contributed by atoms with Crippen molar-refractivity contribution < 1.29 is 9.50 Å². The number of rotatable bonds is 3. The van der Waals surface area contributed by atoms with E-state index >= 15 is 0 Å². The number of nitrogen functional groups attached to an aromatic ring is 1. The minimum absolute atomic E-state index is 0.00232. The lowest BCUT2D eigenvalue weighted by Gasteiger charge is -2.01. The summed E-state index contributed by atoms with van der Waals surface area (Å²) in [4.78, 5) is 1.30. The first-order valence-corrected chi connectivity index (χ1v) is 6.23. The molecule has 0 aliphatic heterocycles. The number of halogens is 1. The molecule has 0 bridgehead atoms. The quantitative estimate of drug-likeness (QED) is 0.566. The Kier molecular flexibility index (Phi) is 3.23. The molecule has 0 atom stereocenters. The largest absolute Gasteiger partial charge is 0.506 e. The third kappa shape index (κ3) is 2.66. The topological polar surface area (TPSA) is 89.9 Å². The Morgan fingerprint density at radius 2 is 2.00 bits per heavy atom. The van der Waals surface area contributed by atoms with Gasteiger partial charge in [-0.15, -0.1) is 10.2 Å². The summed E-state index contributed by atoms with van der Waals surface area (Å²) in [6.07, 6.45) is 0. The zero-order valence-corrected chi connectivity index (χ0v) is 10.9. The molecule has 0 unspecified atom stereocenters. The summed E-state index contributed by atoms with van der Waals surface area (Å²) in [6, 6.07) is 11.1. The third-order valence-electron chi connectivity index (χ3n) is 3.01. The van der Waals surface area contributed by atoms with Gasteiger partial charge in [-0.25, -0.2) is 4.39 Å². The zero-order valence-electron chi connectivity index (χ0n) is 10.9. The van der Waals surface area contributed by atoms with Crippen molar-refractivity contribution in [3.05, 3.63) is 53.8 Å². The van der Waals surface area contributed by atoms with Gasteiger partial charge in [-0.2, -0.15) is 4.80 Å². The lowest BCUT2D eigenvalue weighted by molar-refractivity contribution is 0.478. The maximum absolute atomic E-state index is 13.6. The summed E-state index contributed by atoms with van der Waals surface area (Å²) in [5.41, 5.74) is 6.97. The van der Waals surface area contributed by atoms with E-state index in [-0.39, 0.29) is 23.8 Å². The number of anilines is 1. The number of tetrazole rings is 1. The molecule has 3 aromatic rings. The molecular weight excluding hydrogens is 273 g/mol. The van der Waals surface area contributed by atoms with Crippen LogP contribution in [0.4, 0.5) is 10.1 Å². The molecule has 1 heterocycles. The van der Waals surface area contributed by atoms with E-state index in [1.807, 2.05) is 0 Å². The van der Waals surface area contributed by atoms with Crippen molar-refractivity contribution >= 4 is 5.69 Å². The summed E-state index contributed by atoms with van der Waals surface area (Å²) in [5.74, 6) is 0.0424. The molecule has 0 saturated carbocycles. The van der Waals surface area contributed by atoms with Crippen LogP contribution in [0, 0.1) is 5.82 Å². The fraction of sp³-hybridized carbons (Fsp3) is 0.0714. The number of nitrogens with zero attached hydrogens (tertiary/aromatic N) is 4. The molecule has 2 aromatic carbocycles. The predicted molar refractivity (Wildman–Crippen MR) is 74.8 cm³/mol. The average molecular weight is 285 g/mol. The molecule has 0 amide bonds. The van der Waals surface area contributed by atoms with Crippen LogP contribution in [0.5, 0.6) is 5.75 Å². The van der Waals surface area contributed by atoms with Gasteiger partial charge in [0.1, 0.15) is 11.6 Å². The lowest BCUT2D eigenvalue weighted by Crippen LogP contribution is -2.05. The van der Waals surface area contributed by atoms with Crippen molar-refractivity contribution in [2.75, 3.05) is 5.73 Å². The molecule has 0 aliphatic carbocycles. The summed E-state index contributed by atoms with van der Waals surface area (Å²) >= 11 is 0. The van der Waals surface area contributed by atoms with Gasteiger partial charge in [-0.3, -0.25) is 0 Å². The maximum atomic E-state index is 13.6. The van der Waals surface area contributed by atoms with E-state index in [2.05, 4.69) is 15.4 Å². The first-order valence-electron chi connectivity index (χ1n) is 6.23. The second kappa shape index (κ2) is 5.20. The van der Waals surface area contributed by atoms with Gasteiger partial charge in [0.15, 0.2) is 0 Å². The van der Waals surface area contributed by atoms with Crippen molar-refractivity contribution in [2.45, 2.75) is 6.54 Å². The average Bonchev–Trinajstić information content (AvgIpc) is 2.93. The summed E-state index contributed by atoms with van der Waals surface area (Å²) in [7, 11) is 0. The van der Waals surface area contributed by atoms with Crippen molar-refractivity contribution in [1.82, 2.24) is 20.2 Å². The molecule has 6 nitrogen and oxygen atoms in total. The van der Waals surface area contributed by atoms with Crippen molar-refractivity contribution in [3.8, 4) is 17.1 Å². The van der Waals surface area contributed by atoms with Crippen molar-refractivity contribution in [2.24, 2.45) is 0 Å². The van der Waals surface area contributed by atoms with Crippen LogP contribution in [0.25, 0.3) is 11.4 Å². The second-order valence-corrected chi connectivity index (χ2v) is 4.51. The van der Waals surface area contributed by atoms with Crippen molar-refractivity contribution in [3.63, 3.8) is 0 Å². The molecule has 0 fully saturated rings. The van der Waals surface area contributed by atoms with Crippen LogP contribution in [-0.2, 0) is 6.54 Å². The summed E-state index contributed by atoms with van der Waals surface area (Å²) in [6.45, 7) is 0.188. The number of hydrogen-bond acceptors (Lipinski definition) is 5. The fourth-order valence-electron chi connectivity index (χ4n) is 1.90. The molecule has 3 rings (SSSR count). The molecule has 7 heteroatoms. The van der Waals surface area contributed by atoms with Gasteiger partial charge in [0.2, 0.25) is 5.82 Å². The second-order valence-electron chi connectivity index (χ2n) is 4.51. The Bertz CT molecular complexity index is 787. The molecule has 0 spiro atoms. The molecule has 0 aliphatic rings. The number of benzene rings is 2. The number of aromatic nitrogens is 4. The molecule has 21 heavy (non-hydrogen) atoms. The highest BCUT2D eigenvalue weighted by molar-refractivity contribution is 5.65. The van der Waals surface area contributed by atoms with Gasteiger partial charge in [0.25, 0.3) is 0 Å². The van der Waals surface area contributed by atoms with E-state index in [1.165, 1.54) is 16.9 Å². The van der Waals surface area contributed by atoms with Gasteiger partial charge in [-0.05, 0) is 29.5 Å². The minimum atomic E-state index is -0.315. The highest BCUT2D eigenvalue weighted by Crippen LogP contribution is 2.25. The fourth-order valence-corrected chi connectivity index (χ4v) is 1.90. The van der Waals surface area contributed by atoms with Gasteiger partial charge in [0.05, 0.1) is 12.2 Å². The van der Waals surface area contributed by atoms with Gasteiger partial charge < -0.3 is 10.8 Å². The number of nitrogens with two attached hydrogens (primary N) is 1. The van der Waals surface area contributed by atoms with Gasteiger partial charge >= 0.3 is 0 Å². The number of phenolic OH excluding ortho intramolecular Hbond substituents is 1. The Balaban J connectivity index is 1.86. The normalized spacial score (nSPS) is 10.7. The smallest absolute Gasteiger partial charge is 0.205 e. The monoisotopic (exact) mass is 285 g/mol. The van der Waals surface area contributed by atoms with Crippen LogP contribution < -0.4 is 5.73 Å². The summed E-state index contributed by atoms with van der Waals surface area (Å²) < 4.78 is 13.6. The van der Waals surface area contributed by atoms with E-state index in [0.717, 1.165) is 0 Å². The van der Waals surface area contributed by atoms with E-state index in [1.54, 1.807) is 30.3 Å². The summed E-state index contributed by atoms with van der Waals surface area (Å²) in [5, 5.41) is 21.4. The standard InChI is InChI=1S/C14H12FN5O/c15-11-4-2-1-3-10(11)8-20-18-14(17-19-20)9-5-6-13(21)12(16)7-9/h1-7,21H,8,16H2. The van der Waals surface area contributed by atoms with E-state index in [9.17, 15) is 9.50 Å². The lowest BCUT2D eigenvalue weighted by atomic mass is 10.2. The Morgan fingerprint density at radius 3 is 2.76 bits per heavy atom. The number of aromatic hydroxyl groups is 1.